The van der Waals surface area contributed by atoms with E-state index in [-0.39, 0.29) is 11.4 Å². The van der Waals surface area contributed by atoms with E-state index in [1.807, 2.05) is 13.0 Å². The molecular formula is C13H14BrN3O2. The van der Waals surface area contributed by atoms with Crippen molar-refractivity contribution in [2.75, 3.05) is 0 Å². The van der Waals surface area contributed by atoms with Gasteiger partial charge in [0.05, 0.1) is 6.04 Å². The molecule has 5 nitrogen and oxygen atoms in total. The Bertz CT molecular complexity index is 655. The molecule has 19 heavy (non-hydrogen) atoms. The summed E-state index contributed by atoms with van der Waals surface area (Å²) in [5.74, 6) is -0.00973. The van der Waals surface area contributed by atoms with Gasteiger partial charge >= 0.3 is 0 Å². The average Bonchev–Trinajstić information content (AvgIpc) is 2.37. The number of aromatic amines is 1. The minimum Gasteiger partial charge on any atom is -0.493 e. The number of aromatic nitrogens is 2. The molecule has 1 aromatic carbocycles. The maximum Gasteiger partial charge on any atom is 0.262 e. The Kier molecular flexibility index (Phi) is 4.01. The molecule has 2 rings (SSSR count). The molecular weight excluding hydrogens is 310 g/mol. The summed E-state index contributed by atoms with van der Waals surface area (Å²) in [4.78, 5) is 18.7. The number of halogens is 1. The standard InChI is InChI=1S/C13H14BrN3O2/c1-2-9(15)11-16-12(18)10(13(19)17-11)7-4-3-5-8(14)6-7/h3-6,9H,2,15H2,1H3,(H2,16,17,18,19). The van der Waals surface area contributed by atoms with Crippen LogP contribution >= 0.6 is 15.9 Å². The highest BCUT2D eigenvalue weighted by molar-refractivity contribution is 9.10. The van der Waals surface area contributed by atoms with E-state index < -0.39 is 11.6 Å². The lowest BCUT2D eigenvalue weighted by molar-refractivity contribution is 0.446. The van der Waals surface area contributed by atoms with E-state index in [1.54, 1.807) is 18.2 Å². The topological polar surface area (TPSA) is 92.0 Å². The first kappa shape index (κ1) is 13.8. The molecule has 0 amide bonds. The Morgan fingerprint density at radius 2 is 2.26 bits per heavy atom. The fourth-order valence-electron chi connectivity index (χ4n) is 1.75. The van der Waals surface area contributed by atoms with Crippen LogP contribution in [-0.4, -0.2) is 15.1 Å². The Morgan fingerprint density at radius 3 is 2.84 bits per heavy atom. The van der Waals surface area contributed by atoms with Crippen molar-refractivity contribution in [1.82, 2.24) is 9.97 Å². The summed E-state index contributed by atoms with van der Waals surface area (Å²) in [7, 11) is 0. The highest BCUT2D eigenvalue weighted by Gasteiger charge is 2.15. The van der Waals surface area contributed by atoms with E-state index in [2.05, 4.69) is 25.9 Å². The number of aromatic hydroxyl groups is 1. The lowest BCUT2D eigenvalue weighted by Crippen LogP contribution is -2.20. The summed E-state index contributed by atoms with van der Waals surface area (Å²) in [5, 5.41) is 9.96. The molecule has 1 aromatic heterocycles. The summed E-state index contributed by atoms with van der Waals surface area (Å²) in [6.45, 7) is 1.88. The molecule has 2 aromatic rings. The van der Waals surface area contributed by atoms with Gasteiger partial charge in [-0.1, -0.05) is 35.0 Å². The smallest absolute Gasteiger partial charge is 0.262 e. The van der Waals surface area contributed by atoms with Crippen molar-refractivity contribution in [3.63, 3.8) is 0 Å². The summed E-state index contributed by atoms with van der Waals surface area (Å²) < 4.78 is 0.818. The van der Waals surface area contributed by atoms with Crippen molar-refractivity contribution in [3.8, 4) is 17.0 Å². The fourth-order valence-corrected chi connectivity index (χ4v) is 2.15. The van der Waals surface area contributed by atoms with Gasteiger partial charge in [-0.2, -0.15) is 4.98 Å². The fraction of sp³-hybridized carbons (Fsp3) is 0.231. The van der Waals surface area contributed by atoms with E-state index in [4.69, 9.17) is 5.73 Å². The van der Waals surface area contributed by atoms with Crippen LogP contribution in [0.2, 0.25) is 0 Å². The molecule has 6 heteroatoms. The van der Waals surface area contributed by atoms with E-state index in [9.17, 15) is 9.90 Å². The van der Waals surface area contributed by atoms with Crippen LogP contribution in [-0.2, 0) is 0 Å². The Balaban J connectivity index is 2.57. The third kappa shape index (κ3) is 2.85. The lowest BCUT2D eigenvalue weighted by atomic mass is 10.1. The number of nitrogens with zero attached hydrogens (tertiary/aromatic N) is 1. The average molecular weight is 324 g/mol. The second-order valence-corrected chi connectivity index (χ2v) is 5.09. The van der Waals surface area contributed by atoms with Crippen LogP contribution in [0.25, 0.3) is 11.1 Å². The van der Waals surface area contributed by atoms with Gasteiger partial charge < -0.3 is 15.8 Å². The van der Waals surface area contributed by atoms with Crippen LogP contribution < -0.4 is 11.3 Å². The second-order valence-electron chi connectivity index (χ2n) is 4.17. The molecule has 0 aliphatic rings. The summed E-state index contributed by atoms with van der Waals surface area (Å²) in [6, 6.07) is 6.70. The normalized spacial score (nSPS) is 12.4. The molecule has 0 saturated carbocycles. The molecule has 100 valence electrons. The molecule has 0 radical (unpaired) electrons. The van der Waals surface area contributed by atoms with Gasteiger partial charge in [0, 0.05) is 4.47 Å². The molecule has 0 aliphatic heterocycles. The Hall–Kier alpha value is -1.66. The SMILES string of the molecule is CCC(N)c1nc(O)c(-c2cccc(Br)c2)c(=O)[nH]1. The summed E-state index contributed by atoms with van der Waals surface area (Å²) >= 11 is 3.32. The molecule has 1 heterocycles. The van der Waals surface area contributed by atoms with Gasteiger partial charge in [0.1, 0.15) is 11.4 Å². The van der Waals surface area contributed by atoms with Gasteiger partial charge in [0.15, 0.2) is 0 Å². The molecule has 4 N–H and O–H groups in total. The lowest BCUT2D eigenvalue weighted by Gasteiger charge is -2.10. The van der Waals surface area contributed by atoms with Crippen LogP contribution in [0.15, 0.2) is 33.5 Å². The predicted molar refractivity (Wildman–Crippen MR) is 76.9 cm³/mol. The first-order chi connectivity index (χ1) is 9.02. The number of benzene rings is 1. The largest absolute Gasteiger partial charge is 0.493 e. The van der Waals surface area contributed by atoms with Crippen molar-refractivity contribution < 1.29 is 5.11 Å². The number of nitrogens with two attached hydrogens (primary N) is 1. The highest BCUT2D eigenvalue weighted by atomic mass is 79.9. The monoisotopic (exact) mass is 323 g/mol. The van der Waals surface area contributed by atoms with Crippen molar-refractivity contribution in [1.29, 1.82) is 0 Å². The third-order valence-electron chi connectivity index (χ3n) is 2.82. The maximum atomic E-state index is 12.1. The van der Waals surface area contributed by atoms with Crippen molar-refractivity contribution >= 4 is 15.9 Å². The number of hydrogen-bond acceptors (Lipinski definition) is 4. The Labute approximate surface area is 118 Å². The zero-order valence-corrected chi connectivity index (χ0v) is 11.9. The quantitative estimate of drug-likeness (QED) is 0.808. The van der Waals surface area contributed by atoms with Crippen molar-refractivity contribution in [3.05, 3.63) is 44.9 Å². The predicted octanol–water partition coefficient (Wildman–Crippen LogP) is 2.31. The van der Waals surface area contributed by atoms with E-state index in [0.29, 0.717) is 17.8 Å². The summed E-state index contributed by atoms with van der Waals surface area (Å²) in [5.41, 5.74) is 6.14. The molecule has 0 bridgehead atoms. The van der Waals surface area contributed by atoms with E-state index in [0.717, 1.165) is 4.47 Å². The van der Waals surface area contributed by atoms with Gasteiger partial charge in [-0.25, -0.2) is 0 Å². The highest BCUT2D eigenvalue weighted by Crippen LogP contribution is 2.26. The number of H-pyrrole nitrogens is 1. The van der Waals surface area contributed by atoms with Gasteiger partial charge in [-0.3, -0.25) is 4.79 Å². The Morgan fingerprint density at radius 1 is 1.53 bits per heavy atom. The molecule has 0 aliphatic carbocycles. The van der Waals surface area contributed by atoms with Crippen LogP contribution in [0.1, 0.15) is 25.2 Å². The van der Waals surface area contributed by atoms with E-state index in [1.165, 1.54) is 0 Å². The van der Waals surface area contributed by atoms with Crippen LogP contribution in [0.3, 0.4) is 0 Å². The van der Waals surface area contributed by atoms with Crippen LogP contribution in [0.4, 0.5) is 0 Å². The first-order valence-electron chi connectivity index (χ1n) is 5.87. The van der Waals surface area contributed by atoms with Crippen molar-refractivity contribution in [2.45, 2.75) is 19.4 Å². The van der Waals surface area contributed by atoms with E-state index >= 15 is 0 Å². The minimum atomic E-state index is -0.399. The number of nitrogens with one attached hydrogen (secondary N) is 1. The molecule has 0 saturated heterocycles. The molecule has 0 spiro atoms. The third-order valence-corrected chi connectivity index (χ3v) is 3.32. The number of hydrogen-bond donors (Lipinski definition) is 3. The molecule has 1 atom stereocenters. The number of rotatable bonds is 3. The van der Waals surface area contributed by atoms with Gasteiger partial charge in [-0.15, -0.1) is 0 Å². The van der Waals surface area contributed by atoms with Crippen LogP contribution in [0, 0.1) is 0 Å². The second kappa shape index (κ2) is 5.54. The zero-order valence-electron chi connectivity index (χ0n) is 10.4. The maximum absolute atomic E-state index is 12.1. The van der Waals surface area contributed by atoms with Gasteiger partial charge in [0.25, 0.3) is 5.56 Å². The van der Waals surface area contributed by atoms with Crippen molar-refractivity contribution in [2.24, 2.45) is 5.73 Å². The molecule has 1 unspecified atom stereocenters. The zero-order chi connectivity index (χ0) is 14.0. The van der Waals surface area contributed by atoms with Gasteiger partial charge in [0.2, 0.25) is 5.88 Å². The first-order valence-corrected chi connectivity index (χ1v) is 6.67. The van der Waals surface area contributed by atoms with Crippen LogP contribution in [0.5, 0.6) is 5.88 Å². The van der Waals surface area contributed by atoms with Gasteiger partial charge in [-0.05, 0) is 24.1 Å². The molecule has 0 fully saturated rings. The minimum absolute atomic E-state index is 0.147. The summed E-state index contributed by atoms with van der Waals surface area (Å²) in [6.07, 6.45) is 0.624.